The van der Waals surface area contributed by atoms with Crippen molar-refractivity contribution in [2.45, 2.75) is 52.4 Å². The van der Waals surface area contributed by atoms with Gasteiger partial charge in [-0.15, -0.1) is 0 Å². The predicted octanol–water partition coefficient (Wildman–Crippen LogP) is 1.64. The summed E-state index contributed by atoms with van der Waals surface area (Å²) in [7, 11) is 5.64. The van der Waals surface area contributed by atoms with Crippen LogP contribution in [0.25, 0.3) is 0 Å². The quantitative estimate of drug-likeness (QED) is 0.137. The van der Waals surface area contributed by atoms with Crippen LogP contribution >= 0.6 is 11.8 Å². The van der Waals surface area contributed by atoms with Crippen molar-refractivity contribution in [3.05, 3.63) is 35.9 Å². The van der Waals surface area contributed by atoms with Gasteiger partial charge in [-0.1, -0.05) is 55.9 Å². The van der Waals surface area contributed by atoms with E-state index in [4.69, 9.17) is 14.2 Å². The second-order valence-electron chi connectivity index (χ2n) is 11.2. The Morgan fingerprint density at radius 3 is 2.27 bits per heavy atom. The van der Waals surface area contributed by atoms with Crippen LogP contribution in [0, 0.1) is 5.41 Å². The van der Waals surface area contributed by atoms with Crippen LogP contribution in [0.1, 0.15) is 39.2 Å². The van der Waals surface area contributed by atoms with Crippen molar-refractivity contribution in [2.75, 3.05) is 53.1 Å². The number of quaternary nitrogens is 1. The molecular weight excluding hydrogens is 554 g/mol. The third-order valence-corrected chi connectivity index (χ3v) is 6.40. The molecule has 230 valence electrons. The number of aliphatic hydroxyl groups excluding tert-OH is 1. The number of amides is 2. The summed E-state index contributed by atoms with van der Waals surface area (Å²) in [5, 5.41) is 15.6. The second-order valence-corrected chi connectivity index (χ2v) is 12.5. The molecule has 41 heavy (non-hydrogen) atoms. The van der Waals surface area contributed by atoms with Gasteiger partial charge in [-0.2, -0.15) is 0 Å². The normalized spacial score (nSPS) is 13.0. The van der Waals surface area contributed by atoms with Crippen molar-refractivity contribution in [2.24, 2.45) is 5.41 Å². The van der Waals surface area contributed by atoms with E-state index in [0.29, 0.717) is 23.3 Å². The molecule has 0 aliphatic carbocycles. The zero-order valence-electron chi connectivity index (χ0n) is 24.8. The summed E-state index contributed by atoms with van der Waals surface area (Å²) in [4.78, 5) is 60.0. The highest BCUT2D eigenvalue weighted by atomic mass is 32.2. The molecular formula is C28H44N3O9S+. The fourth-order valence-electron chi connectivity index (χ4n) is 3.46. The van der Waals surface area contributed by atoms with Crippen LogP contribution in [0.3, 0.4) is 0 Å². The highest BCUT2D eigenvalue weighted by Gasteiger charge is 2.36. The molecule has 0 heterocycles. The molecule has 0 aliphatic rings. The van der Waals surface area contributed by atoms with Gasteiger partial charge in [-0.05, 0) is 5.56 Å². The molecule has 1 rings (SSSR count). The smallest absolute Gasteiger partial charge is 0.461 e. The van der Waals surface area contributed by atoms with E-state index in [0.717, 1.165) is 17.3 Å². The molecule has 0 bridgehead atoms. The Hall–Kier alpha value is -3.16. The number of nitrogens with one attached hydrogen (secondary N) is 2. The second kappa shape index (κ2) is 17.6. The Kier molecular flexibility index (Phi) is 15.4. The van der Waals surface area contributed by atoms with Crippen molar-refractivity contribution in [3.63, 3.8) is 0 Å². The highest BCUT2D eigenvalue weighted by molar-refractivity contribution is 8.13. The molecule has 2 atom stereocenters. The fourth-order valence-corrected chi connectivity index (χ4v) is 3.95. The number of thioether (sulfide) groups is 1. The Bertz CT molecular complexity index is 1010. The highest BCUT2D eigenvalue weighted by Crippen LogP contribution is 2.22. The van der Waals surface area contributed by atoms with E-state index < -0.39 is 35.7 Å². The van der Waals surface area contributed by atoms with E-state index in [2.05, 4.69) is 10.6 Å². The number of aliphatic hydroxyl groups is 1. The number of esters is 1. The Morgan fingerprint density at radius 1 is 1.00 bits per heavy atom. The van der Waals surface area contributed by atoms with Gasteiger partial charge >= 0.3 is 12.1 Å². The number of carbonyl (C=O) groups excluding carboxylic acids is 5. The van der Waals surface area contributed by atoms with Crippen molar-refractivity contribution in [1.82, 2.24) is 10.6 Å². The number of likely N-dealkylation sites (N-methyl/N-ethyl adjacent to an activating group) is 1. The molecule has 2 amide bonds. The van der Waals surface area contributed by atoms with Crippen molar-refractivity contribution >= 4 is 40.8 Å². The topological polar surface area (TPSA) is 157 Å². The van der Waals surface area contributed by atoms with Crippen LogP contribution < -0.4 is 10.6 Å². The molecule has 12 nitrogen and oxygen atoms in total. The molecule has 0 saturated carbocycles. The standard InChI is InChI=1S/C28H43N3O9S/c1-20(32)41-15-14-29-23(33)12-13-30-26(36)25(35)28(2,3)19-39-27(37)40-22(17-31(4,5)6)16-24(34)38-18-21-10-8-7-9-11-21/h7-11,22,25,35H,12-19H2,1-6H3,(H-,29,30,33,36)/p+1/t22-,25+/m1/s1. The predicted molar refractivity (Wildman–Crippen MR) is 154 cm³/mol. The van der Waals surface area contributed by atoms with E-state index in [1.165, 1.54) is 20.8 Å². The van der Waals surface area contributed by atoms with Crippen LogP contribution in [-0.4, -0.2) is 104 Å². The summed E-state index contributed by atoms with van der Waals surface area (Å²) >= 11 is 1.10. The largest absolute Gasteiger partial charge is 0.508 e. The molecule has 1 aromatic rings. The average molecular weight is 599 g/mol. The van der Waals surface area contributed by atoms with Crippen LogP contribution in [0.2, 0.25) is 0 Å². The van der Waals surface area contributed by atoms with E-state index in [1.54, 1.807) is 0 Å². The molecule has 0 spiro atoms. The zero-order valence-corrected chi connectivity index (χ0v) is 25.6. The van der Waals surface area contributed by atoms with Gasteiger partial charge in [0.2, 0.25) is 11.8 Å². The van der Waals surface area contributed by atoms with Crippen LogP contribution in [-0.2, 0) is 40.0 Å². The Labute approximate surface area is 246 Å². The minimum atomic E-state index is -1.54. The number of benzene rings is 1. The molecule has 0 unspecified atom stereocenters. The third kappa shape index (κ3) is 16.6. The minimum Gasteiger partial charge on any atom is -0.461 e. The van der Waals surface area contributed by atoms with Gasteiger partial charge in [0.15, 0.2) is 11.2 Å². The van der Waals surface area contributed by atoms with Crippen LogP contribution in [0.15, 0.2) is 30.3 Å². The van der Waals surface area contributed by atoms with Crippen molar-refractivity contribution in [1.29, 1.82) is 0 Å². The molecule has 0 saturated heterocycles. The first-order valence-corrected chi connectivity index (χ1v) is 14.3. The number of rotatable bonds is 17. The monoisotopic (exact) mass is 598 g/mol. The number of ether oxygens (including phenoxy) is 3. The van der Waals surface area contributed by atoms with E-state index in [9.17, 15) is 29.1 Å². The summed E-state index contributed by atoms with van der Waals surface area (Å²) in [5.41, 5.74) is -0.350. The van der Waals surface area contributed by atoms with Crippen molar-refractivity contribution in [3.8, 4) is 0 Å². The summed E-state index contributed by atoms with van der Waals surface area (Å²) in [6.45, 7) is 4.90. The SMILES string of the molecule is CC(=O)SCCNC(=O)CCNC(=O)[C@H](O)C(C)(C)COC(=O)O[C@H](CC(=O)OCc1ccccc1)C[N+](C)(C)C. The van der Waals surface area contributed by atoms with E-state index in [-0.39, 0.29) is 43.6 Å². The maximum atomic E-state index is 12.5. The number of hydrogen-bond donors (Lipinski definition) is 3. The van der Waals surface area contributed by atoms with Gasteiger partial charge in [-0.3, -0.25) is 19.2 Å². The molecule has 0 aliphatic heterocycles. The van der Waals surface area contributed by atoms with E-state index >= 15 is 0 Å². The Balaban J connectivity index is 2.52. The van der Waals surface area contributed by atoms with Crippen molar-refractivity contribution < 1.29 is 47.8 Å². The molecule has 0 radical (unpaired) electrons. The first kappa shape index (κ1) is 35.9. The molecule has 1 aromatic carbocycles. The summed E-state index contributed by atoms with van der Waals surface area (Å²) in [5.74, 6) is -1.11. The molecule has 13 heteroatoms. The lowest BCUT2D eigenvalue weighted by Gasteiger charge is -2.30. The zero-order chi connectivity index (χ0) is 31.1. The van der Waals surface area contributed by atoms with Crippen LogP contribution in [0.5, 0.6) is 0 Å². The van der Waals surface area contributed by atoms with Gasteiger partial charge in [0.1, 0.15) is 25.9 Å². The third-order valence-electron chi connectivity index (χ3n) is 5.58. The summed E-state index contributed by atoms with van der Waals surface area (Å²) in [6.07, 6.45) is -3.59. The maximum Gasteiger partial charge on any atom is 0.508 e. The maximum absolute atomic E-state index is 12.5. The summed E-state index contributed by atoms with van der Waals surface area (Å²) < 4.78 is 16.3. The van der Waals surface area contributed by atoms with Gasteiger partial charge in [0, 0.05) is 37.6 Å². The molecule has 0 aromatic heterocycles. The lowest BCUT2D eigenvalue weighted by Crippen LogP contribution is -2.47. The number of hydrogen-bond acceptors (Lipinski definition) is 10. The first-order valence-electron chi connectivity index (χ1n) is 13.3. The lowest BCUT2D eigenvalue weighted by atomic mass is 9.87. The minimum absolute atomic E-state index is 0.00604. The number of nitrogens with zero attached hydrogens (tertiary/aromatic N) is 1. The lowest BCUT2D eigenvalue weighted by molar-refractivity contribution is -0.873. The number of carbonyl (C=O) groups is 5. The van der Waals surface area contributed by atoms with Gasteiger partial charge in [0.05, 0.1) is 27.6 Å². The van der Waals surface area contributed by atoms with Gasteiger partial charge in [-0.25, -0.2) is 4.79 Å². The summed E-state index contributed by atoms with van der Waals surface area (Å²) in [6, 6.07) is 9.20. The average Bonchev–Trinajstić information content (AvgIpc) is 2.87. The molecule has 0 fully saturated rings. The molecule has 3 N–H and O–H groups in total. The van der Waals surface area contributed by atoms with Crippen LogP contribution in [0.4, 0.5) is 4.79 Å². The fraction of sp³-hybridized carbons (Fsp3) is 0.607. The van der Waals surface area contributed by atoms with Gasteiger partial charge < -0.3 is 34.4 Å². The first-order chi connectivity index (χ1) is 19.1. The Morgan fingerprint density at radius 2 is 1.66 bits per heavy atom. The van der Waals surface area contributed by atoms with Gasteiger partial charge in [0.25, 0.3) is 0 Å². The van der Waals surface area contributed by atoms with E-state index in [1.807, 2.05) is 51.5 Å².